The number of rotatable bonds is 4. The van der Waals surface area contributed by atoms with Crippen LogP contribution in [0.4, 0.5) is 5.69 Å². The van der Waals surface area contributed by atoms with E-state index in [0.29, 0.717) is 12.5 Å². The summed E-state index contributed by atoms with van der Waals surface area (Å²) in [6.45, 7) is 7.02. The maximum Gasteiger partial charge on any atom is 0.191 e. The summed E-state index contributed by atoms with van der Waals surface area (Å²) >= 11 is 5.94. The zero-order chi connectivity index (χ0) is 16.9. The van der Waals surface area contributed by atoms with E-state index in [1.54, 1.807) is 0 Å². The molecule has 0 unspecified atom stereocenters. The molecule has 1 aliphatic heterocycles. The van der Waals surface area contributed by atoms with Crippen LogP contribution in [0.5, 0.6) is 0 Å². The fourth-order valence-electron chi connectivity index (χ4n) is 2.80. The molecule has 1 aromatic carbocycles. The summed E-state index contributed by atoms with van der Waals surface area (Å²) in [6, 6.07) is 7.97. The van der Waals surface area contributed by atoms with E-state index in [9.17, 15) is 0 Å². The number of halogens is 1. The van der Waals surface area contributed by atoms with Crippen LogP contribution in [0.1, 0.15) is 5.56 Å². The summed E-state index contributed by atoms with van der Waals surface area (Å²) in [5.41, 5.74) is 8.49. The average Bonchev–Trinajstić information content (AvgIpc) is 3.01. The normalized spacial score (nSPS) is 15.8. The second-order valence-corrected chi connectivity index (χ2v) is 6.41. The molecule has 2 N–H and O–H groups in total. The van der Waals surface area contributed by atoms with Gasteiger partial charge < -0.3 is 15.5 Å². The highest BCUT2D eigenvalue weighted by Crippen LogP contribution is 2.19. The number of nitrogens with zero attached hydrogens (tertiary/aromatic N) is 5. The molecule has 0 aliphatic carbocycles. The monoisotopic (exact) mass is 346 g/mol. The molecule has 0 bridgehead atoms. The smallest absolute Gasteiger partial charge is 0.191 e. The van der Waals surface area contributed by atoms with Crippen LogP contribution in [0.25, 0.3) is 0 Å². The number of aliphatic imine (C=N–C) groups is 1. The van der Waals surface area contributed by atoms with Crippen LogP contribution in [0.3, 0.4) is 0 Å². The molecule has 24 heavy (non-hydrogen) atoms. The van der Waals surface area contributed by atoms with Crippen molar-refractivity contribution in [1.29, 1.82) is 0 Å². The Kier molecular flexibility index (Phi) is 5.25. The molecule has 0 saturated carbocycles. The first-order valence-corrected chi connectivity index (χ1v) is 8.54. The van der Waals surface area contributed by atoms with Crippen LogP contribution >= 0.6 is 11.6 Å². The Balaban J connectivity index is 1.48. The van der Waals surface area contributed by atoms with Crippen molar-refractivity contribution in [1.82, 2.24) is 14.7 Å². The molecule has 6 nitrogen and oxygen atoms in total. The summed E-state index contributed by atoms with van der Waals surface area (Å²) in [7, 11) is 0. The van der Waals surface area contributed by atoms with Crippen molar-refractivity contribution in [2.75, 3.05) is 37.6 Å². The van der Waals surface area contributed by atoms with Crippen molar-refractivity contribution in [3.05, 3.63) is 47.2 Å². The second-order valence-electron chi connectivity index (χ2n) is 5.97. The van der Waals surface area contributed by atoms with Gasteiger partial charge in [-0.1, -0.05) is 11.6 Å². The highest BCUT2D eigenvalue weighted by Gasteiger charge is 2.18. The lowest BCUT2D eigenvalue weighted by atomic mass is 10.2. The summed E-state index contributed by atoms with van der Waals surface area (Å²) in [6.07, 6.45) is 3.86. The van der Waals surface area contributed by atoms with Gasteiger partial charge in [-0.3, -0.25) is 9.67 Å². The topological polar surface area (TPSA) is 62.7 Å². The van der Waals surface area contributed by atoms with Gasteiger partial charge in [0.15, 0.2) is 5.96 Å². The maximum atomic E-state index is 6.13. The number of benzene rings is 1. The Morgan fingerprint density at radius 2 is 1.92 bits per heavy atom. The SMILES string of the molecule is Cc1cnn(CCN=C(N)N2CCN(c3ccc(Cl)cc3)CC2)c1. The van der Waals surface area contributed by atoms with Crippen molar-refractivity contribution < 1.29 is 0 Å². The third-order valence-electron chi connectivity index (χ3n) is 4.16. The molecule has 3 rings (SSSR count). The minimum absolute atomic E-state index is 0.620. The molecule has 0 atom stereocenters. The number of hydrogen-bond acceptors (Lipinski definition) is 3. The summed E-state index contributed by atoms with van der Waals surface area (Å²) in [4.78, 5) is 8.96. The molecule has 7 heteroatoms. The van der Waals surface area contributed by atoms with E-state index in [1.807, 2.05) is 36.1 Å². The number of anilines is 1. The van der Waals surface area contributed by atoms with E-state index in [0.717, 1.165) is 43.3 Å². The number of hydrogen-bond donors (Lipinski definition) is 1. The number of aromatic nitrogens is 2. The van der Waals surface area contributed by atoms with Crippen LogP contribution in [-0.4, -0.2) is 53.4 Å². The van der Waals surface area contributed by atoms with Gasteiger partial charge in [0.2, 0.25) is 0 Å². The fourth-order valence-corrected chi connectivity index (χ4v) is 2.93. The van der Waals surface area contributed by atoms with E-state index >= 15 is 0 Å². The molecule has 2 heterocycles. The minimum Gasteiger partial charge on any atom is -0.370 e. The maximum absolute atomic E-state index is 6.13. The van der Waals surface area contributed by atoms with Crippen molar-refractivity contribution in [2.24, 2.45) is 10.7 Å². The van der Waals surface area contributed by atoms with Crippen molar-refractivity contribution in [3.8, 4) is 0 Å². The van der Waals surface area contributed by atoms with Gasteiger partial charge in [0.05, 0.1) is 19.3 Å². The number of guanidine groups is 1. The van der Waals surface area contributed by atoms with Crippen LogP contribution in [-0.2, 0) is 6.54 Å². The number of piperazine rings is 1. The summed E-state index contributed by atoms with van der Waals surface area (Å²) < 4.78 is 1.89. The highest BCUT2D eigenvalue weighted by atomic mass is 35.5. The van der Waals surface area contributed by atoms with Gasteiger partial charge in [0, 0.05) is 43.1 Å². The standard InChI is InChI=1S/C17H23ClN6/c1-14-12-21-24(13-14)7-6-20-17(19)23-10-8-22(9-11-23)16-4-2-15(18)3-5-16/h2-5,12-13H,6-11H2,1H3,(H2,19,20). The minimum atomic E-state index is 0.620. The molecule has 1 fully saturated rings. The van der Waals surface area contributed by atoms with Gasteiger partial charge in [-0.25, -0.2) is 0 Å². The molecule has 1 aromatic heterocycles. The molecule has 128 valence electrons. The van der Waals surface area contributed by atoms with E-state index in [1.165, 1.54) is 5.69 Å². The molecule has 1 aliphatic rings. The summed E-state index contributed by atoms with van der Waals surface area (Å²) in [5, 5.41) is 5.02. The Labute approximate surface area is 147 Å². The number of aryl methyl sites for hydroxylation is 1. The van der Waals surface area contributed by atoms with Crippen molar-refractivity contribution in [3.63, 3.8) is 0 Å². The van der Waals surface area contributed by atoms with E-state index in [2.05, 4.69) is 32.0 Å². The highest BCUT2D eigenvalue weighted by molar-refractivity contribution is 6.30. The zero-order valence-corrected chi connectivity index (χ0v) is 14.7. The van der Waals surface area contributed by atoms with Gasteiger partial charge in [-0.05, 0) is 36.8 Å². The van der Waals surface area contributed by atoms with Crippen LogP contribution in [0, 0.1) is 6.92 Å². The molecule has 2 aromatic rings. The average molecular weight is 347 g/mol. The van der Waals surface area contributed by atoms with Crippen LogP contribution in [0.2, 0.25) is 5.02 Å². The first-order chi connectivity index (χ1) is 11.6. The van der Waals surface area contributed by atoms with Gasteiger partial charge in [0.1, 0.15) is 0 Å². The zero-order valence-electron chi connectivity index (χ0n) is 13.9. The lowest BCUT2D eigenvalue weighted by Crippen LogP contribution is -2.51. The molecule has 0 amide bonds. The quantitative estimate of drug-likeness (QED) is 0.679. The first kappa shape index (κ1) is 16.6. The lowest BCUT2D eigenvalue weighted by Gasteiger charge is -2.36. The second kappa shape index (κ2) is 7.57. The first-order valence-electron chi connectivity index (χ1n) is 8.16. The molecule has 1 saturated heterocycles. The molecule has 0 radical (unpaired) electrons. The Morgan fingerprint density at radius 1 is 1.21 bits per heavy atom. The molecular formula is C17H23ClN6. The van der Waals surface area contributed by atoms with Gasteiger partial charge in [-0.15, -0.1) is 0 Å². The third kappa shape index (κ3) is 4.20. The fraction of sp³-hybridized carbons (Fsp3) is 0.412. The van der Waals surface area contributed by atoms with Crippen molar-refractivity contribution in [2.45, 2.75) is 13.5 Å². The van der Waals surface area contributed by atoms with Gasteiger partial charge >= 0.3 is 0 Å². The van der Waals surface area contributed by atoms with Crippen LogP contribution < -0.4 is 10.6 Å². The molecule has 0 spiro atoms. The predicted octanol–water partition coefficient (Wildman–Crippen LogP) is 1.98. The van der Waals surface area contributed by atoms with E-state index in [4.69, 9.17) is 17.3 Å². The molecular weight excluding hydrogens is 324 g/mol. The van der Waals surface area contributed by atoms with E-state index < -0.39 is 0 Å². The number of nitrogens with two attached hydrogens (primary N) is 1. The summed E-state index contributed by atoms with van der Waals surface area (Å²) in [5.74, 6) is 0.620. The van der Waals surface area contributed by atoms with Crippen molar-refractivity contribution >= 4 is 23.2 Å². The van der Waals surface area contributed by atoms with Crippen LogP contribution in [0.15, 0.2) is 41.7 Å². The Morgan fingerprint density at radius 3 is 2.54 bits per heavy atom. The Hall–Kier alpha value is -2.21. The van der Waals surface area contributed by atoms with Gasteiger partial charge in [0.25, 0.3) is 0 Å². The predicted molar refractivity (Wildman–Crippen MR) is 98.7 cm³/mol. The Bertz CT molecular complexity index is 685. The largest absolute Gasteiger partial charge is 0.370 e. The van der Waals surface area contributed by atoms with Gasteiger partial charge in [-0.2, -0.15) is 5.10 Å². The third-order valence-corrected chi connectivity index (χ3v) is 4.41. The lowest BCUT2D eigenvalue weighted by molar-refractivity contribution is 0.380. The van der Waals surface area contributed by atoms with E-state index in [-0.39, 0.29) is 0 Å².